The smallest absolute Gasteiger partial charge is 0.214 e. The lowest BCUT2D eigenvalue weighted by molar-refractivity contribution is 0.547. The molecule has 0 saturated carbocycles. The van der Waals surface area contributed by atoms with Crippen molar-refractivity contribution in [3.05, 3.63) is 16.5 Å². The van der Waals surface area contributed by atoms with Crippen molar-refractivity contribution in [2.45, 2.75) is 35.6 Å². The Kier molecular flexibility index (Phi) is 3.13. The van der Waals surface area contributed by atoms with Gasteiger partial charge >= 0.3 is 0 Å². The Balaban J connectivity index is 2.35. The zero-order valence-electron chi connectivity index (χ0n) is 10.1. The van der Waals surface area contributed by atoms with Gasteiger partial charge in [0.15, 0.2) is 9.84 Å². The minimum atomic E-state index is -3.66. The Bertz CT molecular complexity index is 683. The third-order valence-electron chi connectivity index (χ3n) is 3.11. The van der Waals surface area contributed by atoms with Crippen LogP contribution in [0.25, 0.3) is 0 Å². The van der Waals surface area contributed by atoms with Crippen molar-refractivity contribution < 1.29 is 16.8 Å². The van der Waals surface area contributed by atoms with Crippen LogP contribution in [0.4, 0.5) is 0 Å². The fourth-order valence-corrected chi connectivity index (χ4v) is 5.78. The molecule has 1 aromatic rings. The summed E-state index contributed by atoms with van der Waals surface area (Å²) in [6.45, 7) is 3.09. The molecule has 2 heterocycles. The average Bonchev–Trinajstić information content (AvgIpc) is 2.66. The van der Waals surface area contributed by atoms with E-state index in [0.717, 1.165) is 21.8 Å². The van der Waals surface area contributed by atoms with Gasteiger partial charge in [0.2, 0.25) is 10.0 Å². The van der Waals surface area contributed by atoms with Gasteiger partial charge in [-0.1, -0.05) is 0 Å². The van der Waals surface area contributed by atoms with Crippen LogP contribution in [0.1, 0.15) is 24.3 Å². The van der Waals surface area contributed by atoms with Crippen LogP contribution in [0, 0.1) is 0 Å². The first kappa shape index (κ1) is 14.0. The van der Waals surface area contributed by atoms with Gasteiger partial charge < -0.3 is 0 Å². The molecule has 5 nitrogen and oxygen atoms in total. The Morgan fingerprint density at radius 1 is 1.44 bits per heavy atom. The summed E-state index contributed by atoms with van der Waals surface area (Å²) in [5, 5.41) is 5.16. The van der Waals surface area contributed by atoms with Gasteiger partial charge in [0, 0.05) is 11.3 Å². The van der Waals surface area contributed by atoms with E-state index in [9.17, 15) is 16.8 Å². The maximum atomic E-state index is 11.7. The van der Waals surface area contributed by atoms with Crippen molar-refractivity contribution in [1.82, 2.24) is 0 Å². The largest absolute Gasteiger partial charge is 0.228 e. The van der Waals surface area contributed by atoms with Crippen LogP contribution < -0.4 is 5.14 Å². The molecule has 0 spiro atoms. The molecule has 1 aliphatic rings. The highest BCUT2D eigenvalue weighted by Crippen LogP contribution is 2.36. The highest BCUT2D eigenvalue weighted by molar-refractivity contribution is 7.93. The van der Waals surface area contributed by atoms with E-state index in [4.69, 9.17) is 5.14 Å². The summed E-state index contributed by atoms with van der Waals surface area (Å²) in [6.07, 6.45) is 0.753. The van der Waals surface area contributed by atoms with Gasteiger partial charge in [0.1, 0.15) is 4.21 Å². The number of hydrogen-bond acceptors (Lipinski definition) is 5. The number of primary sulfonamides is 1. The Labute approximate surface area is 111 Å². The van der Waals surface area contributed by atoms with E-state index in [0.29, 0.717) is 10.6 Å². The number of sulfone groups is 1. The van der Waals surface area contributed by atoms with Gasteiger partial charge in [-0.15, -0.1) is 11.3 Å². The molecule has 2 rings (SSSR count). The number of aryl methyl sites for hydroxylation is 1. The number of nitrogens with two attached hydrogens (primary N) is 1. The van der Waals surface area contributed by atoms with Crippen LogP contribution in [0.2, 0.25) is 0 Å². The monoisotopic (exact) mass is 309 g/mol. The average molecular weight is 309 g/mol. The number of fused-ring (bicyclic) bond motifs is 1. The molecule has 1 aliphatic heterocycles. The normalized spacial score (nSPS) is 18.8. The minimum Gasteiger partial charge on any atom is -0.228 e. The van der Waals surface area contributed by atoms with E-state index in [2.05, 4.69) is 0 Å². The third-order valence-corrected chi connectivity index (χ3v) is 8.35. The molecule has 8 heteroatoms. The molecule has 0 saturated heterocycles. The Hall–Kier alpha value is -0.440. The summed E-state index contributed by atoms with van der Waals surface area (Å²) in [7, 11) is -6.80. The molecule has 0 bridgehead atoms. The van der Waals surface area contributed by atoms with E-state index in [-0.39, 0.29) is 12.2 Å². The number of rotatable bonds is 3. The number of hydrogen-bond donors (Lipinski definition) is 1. The summed E-state index contributed by atoms with van der Waals surface area (Å²) in [5.41, 5.74) is 0.806. The fraction of sp³-hybridized carbons (Fsp3) is 0.600. The van der Waals surface area contributed by atoms with Crippen LogP contribution in [0.3, 0.4) is 0 Å². The topological polar surface area (TPSA) is 94.3 Å². The summed E-state index contributed by atoms with van der Waals surface area (Å²) in [6, 6.07) is 1.79. The van der Waals surface area contributed by atoms with Crippen molar-refractivity contribution in [2.24, 2.45) is 5.14 Å². The molecule has 0 unspecified atom stereocenters. The molecule has 1 aromatic heterocycles. The molecule has 0 atom stereocenters. The molecule has 0 aliphatic carbocycles. The lowest BCUT2D eigenvalue weighted by atomic mass is 10.1. The van der Waals surface area contributed by atoms with Crippen molar-refractivity contribution >= 4 is 31.2 Å². The molecule has 102 valence electrons. The maximum Gasteiger partial charge on any atom is 0.214 e. The molecule has 0 aromatic carbocycles. The van der Waals surface area contributed by atoms with E-state index >= 15 is 0 Å². The molecule has 0 fully saturated rings. The van der Waals surface area contributed by atoms with Gasteiger partial charge in [-0.25, -0.2) is 22.0 Å². The molecule has 0 amide bonds. The molecular weight excluding hydrogens is 294 g/mol. The predicted octanol–water partition coefficient (Wildman–Crippen LogP) is 0.688. The number of thiophene rings is 1. The lowest BCUT2D eigenvalue weighted by Crippen LogP contribution is -2.39. The fourth-order valence-electron chi connectivity index (χ4n) is 1.85. The summed E-state index contributed by atoms with van der Waals surface area (Å²) < 4.78 is 45.5. The van der Waals surface area contributed by atoms with Crippen molar-refractivity contribution in [1.29, 1.82) is 0 Å². The zero-order valence-corrected chi connectivity index (χ0v) is 12.6. The molecule has 18 heavy (non-hydrogen) atoms. The van der Waals surface area contributed by atoms with Crippen LogP contribution in [0.5, 0.6) is 0 Å². The first-order valence-corrected chi connectivity index (χ1v) is 9.41. The predicted molar refractivity (Wildman–Crippen MR) is 71.0 cm³/mol. The summed E-state index contributed by atoms with van der Waals surface area (Å²) >= 11 is 1.16. The quantitative estimate of drug-likeness (QED) is 0.888. The van der Waals surface area contributed by atoms with E-state index in [1.165, 1.54) is 0 Å². The van der Waals surface area contributed by atoms with Crippen molar-refractivity contribution in [3.8, 4) is 0 Å². The first-order valence-electron chi connectivity index (χ1n) is 5.40. The lowest BCUT2D eigenvalue weighted by Gasteiger charge is -2.20. The van der Waals surface area contributed by atoms with Crippen LogP contribution in [-0.2, 0) is 32.7 Å². The van der Waals surface area contributed by atoms with E-state index < -0.39 is 24.6 Å². The summed E-state index contributed by atoms with van der Waals surface area (Å²) in [4.78, 5) is 0.752. The Morgan fingerprint density at radius 2 is 2.06 bits per heavy atom. The van der Waals surface area contributed by atoms with Crippen LogP contribution in [0.15, 0.2) is 10.3 Å². The van der Waals surface area contributed by atoms with Gasteiger partial charge in [0.25, 0.3) is 0 Å². The highest BCUT2D eigenvalue weighted by atomic mass is 32.2. The van der Waals surface area contributed by atoms with Crippen molar-refractivity contribution in [3.63, 3.8) is 0 Å². The van der Waals surface area contributed by atoms with E-state index in [1.807, 2.05) is 0 Å². The van der Waals surface area contributed by atoms with Crippen LogP contribution >= 0.6 is 11.3 Å². The second-order valence-corrected chi connectivity index (χ2v) is 10.7. The van der Waals surface area contributed by atoms with Gasteiger partial charge in [-0.3, -0.25) is 0 Å². The second-order valence-electron chi connectivity index (χ2n) is 5.08. The van der Waals surface area contributed by atoms with Gasteiger partial charge in [-0.05, 0) is 31.9 Å². The maximum absolute atomic E-state index is 11.7. The third kappa shape index (κ3) is 2.34. The van der Waals surface area contributed by atoms with Crippen LogP contribution in [-0.4, -0.2) is 27.3 Å². The summed E-state index contributed by atoms with van der Waals surface area (Å²) in [5.74, 6) is 0.160. The Morgan fingerprint density at radius 3 is 2.56 bits per heavy atom. The first-order chi connectivity index (χ1) is 8.03. The standard InChI is InChI=1S/C10H15NO4S3/c1-10(2,18(11,14)15)6-8-5-7-3-4-17(12,13)9(7)16-8/h5H,3-4,6H2,1-2H3,(H2,11,14,15). The van der Waals surface area contributed by atoms with Crippen molar-refractivity contribution in [2.75, 3.05) is 5.75 Å². The number of sulfonamides is 1. The van der Waals surface area contributed by atoms with E-state index in [1.54, 1.807) is 19.9 Å². The van der Waals surface area contributed by atoms with Gasteiger partial charge in [0.05, 0.1) is 10.5 Å². The minimum absolute atomic E-state index is 0.160. The molecule has 0 radical (unpaired) electrons. The SMILES string of the molecule is CC(C)(Cc1cc2c(s1)S(=O)(=O)CC2)S(N)(=O)=O. The molecule has 2 N–H and O–H groups in total. The zero-order chi connectivity index (χ0) is 13.8. The second kappa shape index (κ2) is 4.03. The highest BCUT2D eigenvalue weighted by Gasteiger charge is 2.34. The molecular formula is C10H15NO4S3. The van der Waals surface area contributed by atoms with Gasteiger partial charge in [-0.2, -0.15) is 0 Å².